The maximum Gasteiger partial charge on any atom is 0.270 e. The second-order valence-electron chi connectivity index (χ2n) is 5.74. The summed E-state index contributed by atoms with van der Waals surface area (Å²) in [5, 5.41) is 14.6. The van der Waals surface area contributed by atoms with Crippen LogP contribution in [0.25, 0.3) is 0 Å². The van der Waals surface area contributed by atoms with E-state index in [0.717, 1.165) is 29.7 Å². The van der Waals surface area contributed by atoms with Gasteiger partial charge in [0, 0.05) is 48.3 Å². The smallest absolute Gasteiger partial charge is 0.270 e. The minimum Gasteiger partial charge on any atom is -0.310 e. The van der Waals surface area contributed by atoms with Gasteiger partial charge in [-0.3, -0.25) is 15.0 Å². The first-order valence-corrected chi connectivity index (χ1v) is 7.82. The lowest BCUT2D eigenvalue weighted by Gasteiger charge is -2.24. The Balaban J connectivity index is 1.72. The highest BCUT2D eigenvalue weighted by Gasteiger charge is 2.29. The molecular formula is C14H18BrN3O2. The average molecular weight is 340 g/mol. The van der Waals surface area contributed by atoms with Crippen LogP contribution in [0.3, 0.4) is 0 Å². The predicted octanol–water partition coefficient (Wildman–Crippen LogP) is 2.68. The molecule has 0 aromatic heterocycles. The molecule has 0 aliphatic carbocycles. The van der Waals surface area contributed by atoms with Gasteiger partial charge in [0.2, 0.25) is 0 Å². The number of halogens is 1. The minimum atomic E-state index is -0.333. The molecule has 1 aromatic rings. The summed E-state index contributed by atoms with van der Waals surface area (Å²) >= 11 is 3.36. The van der Waals surface area contributed by atoms with Gasteiger partial charge in [0.1, 0.15) is 0 Å². The molecule has 2 fully saturated rings. The third-order valence-corrected chi connectivity index (χ3v) is 4.62. The summed E-state index contributed by atoms with van der Waals surface area (Å²) in [5.41, 5.74) is 1.16. The molecule has 5 nitrogen and oxygen atoms in total. The molecule has 2 heterocycles. The molecule has 2 atom stereocenters. The van der Waals surface area contributed by atoms with Crippen LogP contribution in [0.15, 0.2) is 22.7 Å². The van der Waals surface area contributed by atoms with Crippen molar-refractivity contribution in [2.45, 2.75) is 37.9 Å². The van der Waals surface area contributed by atoms with Gasteiger partial charge in [-0.25, -0.2) is 0 Å². The number of nitro groups is 1. The fourth-order valence-corrected chi connectivity index (χ4v) is 3.78. The Bertz CT molecular complexity index is 523. The molecular weight excluding hydrogens is 322 g/mol. The van der Waals surface area contributed by atoms with E-state index in [2.05, 4.69) is 26.1 Å². The highest BCUT2D eigenvalue weighted by Crippen LogP contribution is 2.25. The van der Waals surface area contributed by atoms with Crippen LogP contribution in [-0.2, 0) is 6.54 Å². The number of rotatable bonds is 3. The molecule has 0 amide bonds. The Labute approximate surface area is 126 Å². The lowest BCUT2D eigenvalue weighted by Crippen LogP contribution is -2.34. The Hall–Kier alpha value is -0.980. The first-order chi connectivity index (χ1) is 9.60. The molecule has 6 heteroatoms. The van der Waals surface area contributed by atoms with Crippen LogP contribution >= 0.6 is 15.9 Å². The summed E-state index contributed by atoms with van der Waals surface area (Å²) in [5.74, 6) is 0. The van der Waals surface area contributed by atoms with Gasteiger partial charge < -0.3 is 5.32 Å². The van der Waals surface area contributed by atoms with Gasteiger partial charge in [-0.2, -0.15) is 0 Å². The molecule has 1 N–H and O–H groups in total. The number of non-ortho nitro benzene ring substituents is 1. The zero-order chi connectivity index (χ0) is 14.1. The zero-order valence-corrected chi connectivity index (χ0v) is 12.8. The first-order valence-electron chi connectivity index (χ1n) is 7.02. The van der Waals surface area contributed by atoms with Crippen molar-refractivity contribution >= 4 is 21.6 Å². The third kappa shape index (κ3) is 3.19. The van der Waals surface area contributed by atoms with E-state index < -0.39 is 0 Å². The summed E-state index contributed by atoms with van der Waals surface area (Å²) in [4.78, 5) is 13.0. The molecule has 2 bridgehead atoms. The van der Waals surface area contributed by atoms with Crippen LogP contribution in [-0.4, -0.2) is 35.0 Å². The van der Waals surface area contributed by atoms with E-state index in [1.165, 1.54) is 19.3 Å². The Morgan fingerprint density at radius 2 is 2.10 bits per heavy atom. The lowest BCUT2D eigenvalue weighted by atomic mass is 10.1. The van der Waals surface area contributed by atoms with Crippen molar-refractivity contribution in [2.24, 2.45) is 0 Å². The molecule has 3 rings (SSSR count). The molecule has 20 heavy (non-hydrogen) atoms. The van der Waals surface area contributed by atoms with Crippen LogP contribution < -0.4 is 5.32 Å². The van der Waals surface area contributed by atoms with Crippen molar-refractivity contribution in [1.82, 2.24) is 10.2 Å². The SMILES string of the molecule is O=[N+]([O-])c1cc(Br)cc(CN2CCC3CCC(C2)N3)c1. The number of benzene rings is 1. The Morgan fingerprint density at radius 3 is 2.90 bits per heavy atom. The van der Waals surface area contributed by atoms with E-state index >= 15 is 0 Å². The van der Waals surface area contributed by atoms with Gasteiger partial charge in [-0.15, -0.1) is 0 Å². The fraction of sp³-hybridized carbons (Fsp3) is 0.571. The normalized spacial score (nSPS) is 26.4. The number of nitrogens with one attached hydrogen (secondary N) is 1. The summed E-state index contributed by atoms with van der Waals surface area (Å²) in [7, 11) is 0. The zero-order valence-electron chi connectivity index (χ0n) is 11.2. The van der Waals surface area contributed by atoms with Crippen LogP contribution in [0.4, 0.5) is 5.69 Å². The van der Waals surface area contributed by atoms with Gasteiger partial charge in [0.15, 0.2) is 0 Å². The van der Waals surface area contributed by atoms with Crippen molar-refractivity contribution in [3.8, 4) is 0 Å². The van der Waals surface area contributed by atoms with Crippen molar-refractivity contribution in [3.05, 3.63) is 38.3 Å². The topological polar surface area (TPSA) is 58.4 Å². The van der Waals surface area contributed by atoms with Gasteiger partial charge >= 0.3 is 0 Å². The largest absolute Gasteiger partial charge is 0.310 e. The van der Waals surface area contributed by atoms with Gasteiger partial charge in [0.05, 0.1) is 4.92 Å². The van der Waals surface area contributed by atoms with Gasteiger partial charge in [-0.05, 0) is 30.9 Å². The third-order valence-electron chi connectivity index (χ3n) is 4.17. The standard InChI is InChI=1S/C14H18BrN3O2/c15-11-5-10(6-14(7-11)18(19)20)8-17-4-3-12-1-2-13(9-17)16-12/h5-7,12-13,16H,1-4,8-9H2. The first kappa shape index (κ1) is 14.0. The van der Waals surface area contributed by atoms with Gasteiger partial charge in [-0.1, -0.05) is 15.9 Å². The van der Waals surface area contributed by atoms with Crippen LogP contribution in [0, 0.1) is 10.1 Å². The Kier molecular flexibility index (Phi) is 4.05. The van der Waals surface area contributed by atoms with Crippen molar-refractivity contribution in [3.63, 3.8) is 0 Å². The Morgan fingerprint density at radius 1 is 1.30 bits per heavy atom. The summed E-state index contributed by atoms with van der Waals surface area (Å²) in [6.45, 7) is 2.89. The van der Waals surface area contributed by atoms with E-state index in [1.807, 2.05) is 6.07 Å². The second-order valence-corrected chi connectivity index (χ2v) is 6.65. The summed E-state index contributed by atoms with van der Waals surface area (Å²) < 4.78 is 0.774. The molecule has 2 aliphatic heterocycles. The number of nitro benzene ring substituents is 1. The molecule has 0 spiro atoms. The van der Waals surface area contributed by atoms with Crippen LogP contribution in [0.5, 0.6) is 0 Å². The quantitative estimate of drug-likeness (QED) is 0.679. The van der Waals surface area contributed by atoms with Gasteiger partial charge in [0.25, 0.3) is 5.69 Å². The number of fused-ring (bicyclic) bond motifs is 2. The number of nitrogens with zero attached hydrogens (tertiary/aromatic N) is 2. The number of hydrogen-bond acceptors (Lipinski definition) is 4. The van der Waals surface area contributed by atoms with E-state index in [4.69, 9.17) is 0 Å². The maximum atomic E-state index is 10.9. The molecule has 2 unspecified atom stereocenters. The minimum absolute atomic E-state index is 0.156. The second kappa shape index (κ2) is 5.79. The number of likely N-dealkylation sites (tertiary alicyclic amines) is 1. The highest BCUT2D eigenvalue weighted by molar-refractivity contribution is 9.10. The summed E-state index contributed by atoms with van der Waals surface area (Å²) in [6.07, 6.45) is 3.72. The molecule has 2 aliphatic rings. The molecule has 0 radical (unpaired) electrons. The number of hydrogen-bond donors (Lipinski definition) is 1. The summed E-state index contributed by atoms with van der Waals surface area (Å²) in [6, 6.07) is 6.46. The van der Waals surface area contributed by atoms with Crippen molar-refractivity contribution in [1.29, 1.82) is 0 Å². The van der Waals surface area contributed by atoms with Crippen LogP contribution in [0.1, 0.15) is 24.8 Å². The van der Waals surface area contributed by atoms with Crippen molar-refractivity contribution in [2.75, 3.05) is 13.1 Å². The fourth-order valence-electron chi connectivity index (χ4n) is 3.25. The molecule has 1 aromatic carbocycles. The molecule has 108 valence electrons. The van der Waals surface area contributed by atoms with E-state index in [9.17, 15) is 10.1 Å². The maximum absolute atomic E-state index is 10.9. The van der Waals surface area contributed by atoms with E-state index in [0.29, 0.717) is 12.1 Å². The van der Waals surface area contributed by atoms with Crippen LogP contribution in [0.2, 0.25) is 0 Å². The van der Waals surface area contributed by atoms with E-state index in [1.54, 1.807) is 12.1 Å². The average Bonchev–Trinajstić information content (AvgIpc) is 2.72. The lowest BCUT2D eigenvalue weighted by molar-refractivity contribution is -0.385. The molecule has 0 saturated carbocycles. The monoisotopic (exact) mass is 339 g/mol. The molecule has 2 saturated heterocycles. The van der Waals surface area contributed by atoms with Crippen molar-refractivity contribution < 1.29 is 4.92 Å². The van der Waals surface area contributed by atoms with E-state index in [-0.39, 0.29) is 10.6 Å². The highest BCUT2D eigenvalue weighted by atomic mass is 79.9. The predicted molar refractivity (Wildman–Crippen MR) is 80.6 cm³/mol.